The van der Waals surface area contributed by atoms with E-state index >= 15 is 0 Å². The molecule has 1 saturated carbocycles. The van der Waals surface area contributed by atoms with Crippen molar-refractivity contribution in [1.29, 1.82) is 0 Å². The minimum absolute atomic E-state index is 0.172. The molecule has 0 aromatic carbocycles. The molecular weight excluding hydrogens is 272 g/mol. The lowest BCUT2D eigenvalue weighted by Crippen LogP contribution is -2.63. The third kappa shape index (κ3) is 3.19. The molecule has 118 valence electrons. The first-order valence-electron chi connectivity index (χ1n) is 7.61. The van der Waals surface area contributed by atoms with Crippen LogP contribution in [0.5, 0.6) is 0 Å². The third-order valence-corrected chi connectivity index (χ3v) is 4.41. The first kappa shape index (κ1) is 15.8. The molecule has 6 nitrogen and oxygen atoms in total. The first-order valence-corrected chi connectivity index (χ1v) is 7.61. The predicted molar refractivity (Wildman–Crippen MR) is 76.5 cm³/mol. The molecule has 1 saturated heterocycles. The minimum atomic E-state index is -1.07. The van der Waals surface area contributed by atoms with Crippen molar-refractivity contribution < 1.29 is 19.5 Å². The van der Waals surface area contributed by atoms with Gasteiger partial charge in [-0.2, -0.15) is 0 Å². The van der Waals surface area contributed by atoms with Crippen LogP contribution in [0.15, 0.2) is 0 Å². The van der Waals surface area contributed by atoms with E-state index in [-0.39, 0.29) is 24.2 Å². The van der Waals surface area contributed by atoms with Crippen LogP contribution in [0.4, 0.5) is 0 Å². The fourth-order valence-electron chi connectivity index (χ4n) is 2.98. The van der Waals surface area contributed by atoms with Gasteiger partial charge in [0.05, 0.1) is 5.54 Å². The number of hydrogen-bond acceptors (Lipinski definition) is 3. The normalized spacial score (nSPS) is 22.8. The van der Waals surface area contributed by atoms with Crippen LogP contribution in [0.1, 0.15) is 40.0 Å². The highest BCUT2D eigenvalue weighted by Crippen LogP contribution is 2.33. The smallest absolute Gasteiger partial charge is 0.316 e. The molecule has 21 heavy (non-hydrogen) atoms. The summed E-state index contributed by atoms with van der Waals surface area (Å²) in [6.45, 7) is 6.88. The van der Waals surface area contributed by atoms with Gasteiger partial charge in [-0.1, -0.05) is 6.92 Å². The summed E-state index contributed by atoms with van der Waals surface area (Å²) in [5, 5.41) is 9.15. The number of hydrogen-bond donors (Lipinski definition) is 1. The van der Waals surface area contributed by atoms with E-state index in [2.05, 4.69) is 0 Å². The Morgan fingerprint density at radius 1 is 1.24 bits per heavy atom. The van der Waals surface area contributed by atoms with E-state index in [0.717, 1.165) is 12.8 Å². The minimum Gasteiger partial charge on any atom is -0.481 e. The third-order valence-electron chi connectivity index (χ3n) is 4.41. The van der Waals surface area contributed by atoms with Crippen LogP contribution >= 0.6 is 0 Å². The summed E-state index contributed by atoms with van der Waals surface area (Å²) in [5.74, 6) is -2.05. The highest BCUT2D eigenvalue weighted by Gasteiger charge is 2.44. The number of carbonyl (C=O) groups excluding carboxylic acids is 2. The van der Waals surface area contributed by atoms with Crippen LogP contribution in [-0.4, -0.2) is 57.9 Å². The standard InChI is InChI=1S/C15H24N2O4/c1-4-11(14(20)21)13(19)17-8-7-16(9-15(17,2)3)12(18)10-5-6-10/h10-11H,4-9H2,1-3H3,(H,20,21). The number of rotatable bonds is 4. The zero-order chi connectivity index (χ0) is 15.8. The maximum atomic E-state index is 12.5. The second-order valence-corrected chi connectivity index (χ2v) is 6.64. The molecule has 2 aliphatic rings. The Bertz CT molecular complexity index is 457. The second-order valence-electron chi connectivity index (χ2n) is 6.64. The Hall–Kier alpha value is -1.59. The van der Waals surface area contributed by atoms with Gasteiger partial charge in [0.2, 0.25) is 11.8 Å². The van der Waals surface area contributed by atoms with Gasteiger partial charge in [-0.3, -0.25) is 14.4 Å². The predicted octanol–water partition coefficient (Wildman–Crippen LogP) is 0.957. The maximum Gasteiger partial charge on any atom is 0.316 e. The summed E-state index contributed by atoms with van der Waals surface area (Å²) in [6, 6.07) is 0. The molecule has 0 aromatic rings. The molecule has 1 heterocycles. The molecule has 2 fully saturated rings. The molecule has 2 rings (SSSR count). The van der Waals surface area contributed by atoms with Crippen molar-refractivity contribution in [2.45, 2.75) is 45.6 Å². The van der Waals surface area contributed by atoms with E-state index in [1.807, 2.05) is 18.7 Å². The summed E-state index contributed by atoms with van der Waals surface area (Å²) in [4.78, 5) is 39.2. The highest BCUT2D eigenvalue weighted by atomic mass is 16.4. The Morgan fingerprint density at radius 2 is 1.86 bits per heavy atom. The summed E-state index contributed by atoms with van der Waals surface area (Å²) in [6.07, 6.45) is 2.22. The van der Waals surface area contributed by atoms with Gasteiger partial charge in [0.15, 0.2) is 0 Å². The van der Waals surface area contributed by atoms with Crippen molar-refractivity contribution in [2.24, 2.45) is 11.8 Å². The largest absolute Gasteiger partial charge is 0.481 e. The van der Waals surface area contributed by atoms with Crippen molar-refractivity contribution in [3.05, 3.63) is 0 Å². The van der Waals surface area contributed by atoms with Gasteiger partial charge < -0.3 is 14.9 Å². The van der Waals surface area contributed by atoms with E-state index < -0.39 is 17.4 Å². The van der Waals surface area contributed by atoms with Crippen molar-refractivity contribution in [3.8, 4) is 0 Å². The zero-order valence-corrected chi connectivity index (χ0v) is 13.0. The quantitative estimate of drug-likeness (QED) is 0.784. The topological polar surface area (TPSA) is 77.9 Å². The van der Waals surface area contributed by atoms with Crippen LogP contribution in [0, 0.1) is 11.8 Å². The molecule has 2 amide bonds. The van der Waals surface area contributed by atoms with E-state index in [1.54, 1.807) is 11.8 Å². The van der Waals surface area contributed by atoms with Crippen LogP contribution in [0.25, 0.3) is 0 Å². The summed E-state index contributed by atoms with van der Waals surface area (Å²) < 4.78 is 0. The monoisotopic (exact) mass is 296 g/mol. The molecule has 0 spiro atoms. The number of carboxylic acids is 1. The van der Waals surface area contributed by atoms with E-state index in [0.29, 0.717) is 19.6 Å². The van der Waals surface area contributed by atoms with Crippen LogP contribution in [0.2, 0.25) is 0 Å². The second kappa shape index (κ2) is 5.66. The Morgan fingerprint density at radius 3 is 2.29 bits per heavy atom. The maximum absolute atomic E-state index is 12.5. The summed E-state index contributed by atoms with van der Waals surface area (Å²) >= 11 is 0. The highest BCUT2D eigenvalue weighted by molar-refractivity contribution is 5.97. The van der Waals surface area contributed by atoms with Gasteiger partial charge in [0.1, 0.15) is 5.92 Å². The molecule has 1 unspecified atom stereocenters. The number of aliphatic carboxylic acids is 1. The van der Waals surface area contributed by atoms with Crippen molar-refractivity contribution in [1.82, 2.24) is 9.80 Å². The fraction of sp³-hybridized carbons (Fsp3) is 0.800. The Balaban J connectivity index is 2.07. The average Bonchev–Trinajstić information content (AvgIpc) is 3.20. The molecule has 1 atom stereocenters. The molecule has 0 bridgehead atoms. The van der Waals surface area contributed by atoms with Gasteiger partial charge in [-0.25, -0.2) is 0 Å². The lowest BCUT2D eigenvalue weighted by atomic mass is 9.94. The molecule has 0 aromatic heterocycles. The lowest BCUT2D eigenvalue weighted by molar-refractivity contribution is -0.158. The number of carbonyl (C=O) groups is 3. The number of carboxylic acid groups (broad SMARTS) is 1. The first-order chi connectivity index (χ1) is 9.77. The summed E-state index contributed by atoms with van der Waals surface area (Å²) in [7, 11) is 0. The molecule has 1 N–H and O–H groups in total. The number of piperazine rings is 1. The van der Waals surface area contributed by atoms with Crippen LogP contribution in [-0.2, 0) is 14.4 Å². The van der Waals surface area contributed by atoms with E-state index in [9.17, 15) is 14.4 Å². The van der Waals surface area contributed by atoms with Gasteiger partial charge in [0.25, 0.3) is 0 Å². The van der Waals surface area contributed by atoms with E-state index in [4.69, 9.17) is 5.11 Å². The van der Waals surface area contributed by atoms with Gasteiger partial charge >= 0.3 is 5.97 Å². The molecule has 6 heteroatoms. The SMILES string of the molecule is CCC(C(=O)O)C(=O)N1CCN(C(=O)C2CC2)CC1(C)C. The summed E-state index contributed by atoms with van der Waals surface area (Å²) in [5.41, 5.74) is -0.525. The van der Waals surface area contributed by atoms with Crippen molar-refractivity contribution in [3.63, 3.8) is 0 Å². The molecule has 1 aliphatic heterocycles. The number of nitrogens with zero attached hydrogens (tertiary/aromatic N) is 2. The molecule has 0 radical (unpaired) electrons. The van der Waals surface area contributed by atoms with Gasteiger partial charge in [0, 0.05) is 25.6 Å². The molecular formula is C15H24N2O4. The van der Waals surface area contributed by atoms with Gasteiger partial charge in [-0.15, -0.1) is 0 Å². The number of amides is 2. The Kier molecular flexibility index (Phi) is 4.25. The zero-order valence-electron chi connectivity index (χ0n) is 13.0. The van der Waals surface area contributed by atoms with Gasteiger partial charge in [-0.05, 0) is 33.1 Å². The fourth-order valence-corrected chi connectivity index (χ4v) is 2.98. The lowest BCUT2D eigenvalue weighted by Gasteiger charge is -2.47. The van der Waals surface area contributed by atoms with Crippen LogP contribution in [0.3, 0.4) is 0 Å². The van der Waals surface area contributed by atoms with Crippen molar-refractivity contribution >= 4 is 17.8 Å². The average molecular weight is 296 g/mol. The Labute approximate surface area is 125 Å². The van der Waals surface area contributed by atoms with E-state index in [1.165, 1.54) is 0 Å². The molecule has 1 aliphatic carbocycles. The van der Waals surface area contributed by atoms with Crippen molar-refractivity contribution in [2.75, 3.05) is 19.6 Å². The van der Waals surface area contributed by atoms with Crippen LogP contribution < -0.4 is 0 Å².